The lowest BCUT2D eigenvalue weighted by Gasteiger charge is -2.19. The highest BCUT2D eigenvalue weighted by atomic mass is 19.3. The van der Waals surface area contributed by atoms with Crippen LogP contribution in [0.1, 0.15) is 28.8 Å². The maximum Gasteiger partial charge on any atom is 0.388 e. The number of allylic oxidation sites excluding steroid dienone is 3. The van der Waals surface area contributed by atoms with Gasteiger partial charge in [0.25, 0.3) is 0 Å². The van der Waals surface area contributed by atoms with E-state index in [1.54, 1.807) is 23.4 Å². The average molecular weight is 453 g/mol. The maximum absolute atomic E-state index is 13.2. The molecule has 0 atom stereocenters. The Kier molecular flexibility index (Phi) is 6.39. The summed E-state index contributed by atoms with van der Waals surface area (Å²) in [5.74, 6) is 0.639. The van der Waals surface area contributed by atoms with Gasteiger partial charge in [-0.3, -0.25) is 4.79 Å². The minimum Gasteiger partial charge on any atom is -0.417 e. The molecule has 0 aliphatic carbocycles. The molecule has 0 bridgehead atoms. The average Bonchev–Trinajstić information content (AvgIpc) is 3.11. The Morgan fingerprint density at radius 2 is 2.03 bits per heavy atom. The third-order valence-electron chi connectivity index (χ3n) is 5.77. The minimum atomic E-state index is -2.95. The molecule has 1 amide bonds. The second kappa shape index (κ2) is 9.40. The predicted octanol–water partition coefficient (Wildman–Crippen LogP) is 4.44. The van der Waals surface area contributed by atoms with Crippen molar-refractivity contribution in [1.29, 1.82) is 0 Å². The number of aryl methyl sites for hydroxylation is 1. The van der Waals surface area contributed by atoms with Gasteiger partial charge >= 0.3 is 6.61 Å². The van der Waals surface area contributed by atoms with Crippen molar-refractivity contribution in [3.05, 3.63) is 76.9 Å². The van der Waals surface area contributed by atoms with E-state index in [0.717, 1.165) is 33.8 Å². The van der Waals surface area contributed by atoms with Crippen molar-refractivity contribution in [3.63, 3.8) is 0 Å². The topological polar surface area (TPSA) is 70.6 Å². The van der Waals surface area contributed by atoms with Crippen LogP contribution in [0.25, 0.3) is 0 Å². The van der Waals surface area contributed by atoms with Crippen LogP contribution in [-0.2, 0) is 17.9 Å². The number of carbonyl (C=O) groups is 1. The molecule has 2 aliphatic heterocycles. The van der Waals surface area contributed by atoms with E-state index < -0.39 is 6.61 Å². The molecule has 0 saturated carbocycles. The number of ether oxygens (including phenoxy) is 1. The van der Waals surface area contributed by atoms with Crippen LogP contribution in [-0.4, -0.2) is 34.4 Å². The lowest BCUT2D eigenvalue weighted by molar-refractivity contribution is -0.131. The molecule has 2 aromatic heterocycles. The first-order valence-electron chi connectivity index (χ1n) is 10.5. The summed E-state index contributed by atoms with van der Waals surface area (Å²) in [5, 5.41) is 3.14. The summed E-state index contributed by atoms with van der Waals surface area (Å²) in [6, 6.07) is 3.10. The van der Waals surface area contributed by atoms with Gasteiger partial charge in [0.1, 0.15) is 5.82 Å². The molecule has 0 spiro atoms. The normalized spacial score (nSPS) is 14.9. The van der Waals surface area contributed by atoms with Crippen LogP contribution in [0, 0.1) is 13.8 Å². The lowest BCUT2D eigenvalue weighted by atomic mass is 10.0. The number of fused-ring (bicyclic) bond motifs is 1. The first kappa shape index (κ1) is 22.4. The van der Waals surface area contributed by atoms with Crippen molar-refractivity contribution in [2.75, 3.05) is 17.3 Å². The molecule has 0 aromatic carbocycles. The summed E-state index contributed by atoms with van der Waals surface area (Å²) >= 11 is 0. The zero-order chi connectivity index (χ0) is 23.5. The molecule has 2 aromatic rings. The fourth-order valence-corrected chi connectivity index (χ4v) is 3.96. The molecule has 0 radical (unpaired) electrons. The Hall–Kier alpha value is -3.75. The van der Waals surface area contributed by atoms with E-state index in [9.17, 15) is 13.6 Å². The third kappa shape index (κ3) is 4.87. The van der Waals surface area contributed by atoms with Crippen molar-refractivity contribution >= 4 is 17.4 Å². The number of nitrogens with one attached hydrogen (secondary N) is 1. The van der Waals surface area contributed by atoms with Gasteiger partial charge in [-0.2, -0.15) is 8.78 Å². The maximum atomic E-state index is 13.2. The number of hydrogen-bond donors (Lipinski definition) is 1. The summed E-state index contributed by atoms with van der Waals surface area (Å²) in [5.41, 5.74) is 5.66. The molecule has 0 unspecified atom stereocenters. The Bertz CT molecular complexity index is 1160. The molecule has 1 N–H and O–H groups in total. The van der Waals surface area contributed by atoms with Crippen molar-refractivity contribution < 1.29 is 18.3 Å². The van der Waals surface area contributed by atoms with Crippen molar-refractivity contribution in [2.45, 2.75) is 40.0 Å². The summed E-state index contributed by atoms with van der Waals surface area (Å²) in [6.07, 6.45) is 10.7. The van der Waals surface area contributed by atoms with Crippen molar-refractivity contribution in [3.8, 4) is 5.88 Å². The number of rotatable bonds is 6. The molecular weight excluding hydrogens is 428 g/mol. The van der Waals surface area contributed by atoms with Crippen LogP contribution in [0.2, 0.25) is 0 Å². The molecule has 4 rings (SSSR count). The summed E-state index contributed by atoms with van der Waals surface area (Å²) in [7, 11) is 1.83. The van der Waals surface area contributed by atoms with Gasteiger partial charge in [-0.1, -0.05) is 12.2 Å². The van der Waals surface area contributed by atoms with Crippen LogP contribution >= 0.6 is 0 Å². The quantitative estimate of drug-likeness (QED) is 0.697. The van der Waals surface area contributed by atoms with Crippen LogP contribution in [0.15, 0.2) is 54.5 Å². The lowest BCUT2D eigenvalue weighted by Crippen LogP contribution is -2.25. The first-order valence-corrected chi connectivity index (χ1v) is 10.5. The van der Waals surface area contributed by atoms with Crippen molar-refractivity contribution in [2.24, 2.45) is 0 Å². The van der Waals surface area contributed by atoms with Gasteiger partial charge in [0, 0.05) is 56.1 Å². The van der Waals surface area contributed by atoms with Gasteiger partial charge in [0.2, 0.25) is 11.8 Å². The number of anilines is 2. The molecule has 9 heteroatoms. The Morgan fingerprint density at radius 1 is 1.24 bits per heavy atom. The smallest absolute Gasteiger partial charge is 0.388 e. The fourth-order valence-electron chi connectivity index (χ4n) is 3.96. The highest BCUT2D eigenvalue weighted by Gasteiger charge is 2.28. The standard InChI is InChI=1S/C24H25F2N5O2/c1-15-16(2)29-23(27-3)20-14-31(13-19(15)20)22(32)10-17-6-4-5-9-30(12-17)18-7-8-28-21(11-18)33-24(25)26/h4-9,11-12,24H,10,13-14H2,1-3H3,(H,27,29). The van der Waals surface area contributed by atoms with E-state index >= 15 is 0 Å². The Balaban J connectivity index is 1.51. The van der Waals surface area contributed by atoms with Gasteiger partial charge in [0.05, 0.1) is 12.1 Å². The van der Waals surface area contributed by atoms with Gasteiger partial charge < -0.3 is 19.9 Å². The SMILES string of the molecule is CNc1nc(C)c(C)c2c1CN(C(=O)CC1=CN(c3ccnc(OC(F)F)c3)C=CC=C1)C2. The van der Waals surface area contributed by atoms with Gasteiger partial charge in [-0.25, -0.2) is 9.97 Å². The fraction of sp³-hybridized carbons (Fsp3) is 0.292. The molecule has 4 heterocycles. The number of halogens is 2. The van der Waals surface area contributed by atoms with Gasteiger partial charge in [0.15, 0.2) is 0 Å². The van der Waals surface area contributed by atoms with Gasteiger partial charge in [-0.05, 0) is 42.7 Å². The van der Waals surface area contributed by atoms with Crippen LogP contribution in [0.3, 0.4) is 0 Å². The van der Waals surface area contributed by atoms with E-state index in [1.807, 2.05) is 44.0 Å². The van der Waals surface area contributed by atoms with Gasteiger partial charge in [-0.15, -0.1) is 0 Å². The summed E-state index contributed by atoms with van der Waals surface area (Å²) in [4.78, 5) is 25.2. The van der Waals surface area contributed by atoms with Crippen LogP contribution in [0.5, 0.6) is 5.88 Å². The number of pyridine rings is 2. The molecule has 0 fully saturated rings. The number of nitrogens with zero attached hydrogens (tertiary/aromatic N) is 4. The first-order chi connectivity index (χ1) is 15.9. The van der Waals surface area contributed by atoms with Crippen molar-refractivity contribution in [1.82, 2.24) is 14.9 Å². The second-order valence-corrected chi connectivity index (χ2v) is 7.85. The number of carbonyl (C=O) groups excluding carboxylic acids is 1. The molecule has 7 nitrogen and oxygen atoms in total. The van der Waals surface area contributed by atoms with E-state index in [-0.39, 0.29) is 18.2 Å². The second-order valence-electron chi connectivity index (χ2n) is 7.85. The van der Waals surface area contributed by atoms with E-state index in [0.29, 0.717) is 18.8 Å². The van der Waals surface area contributed by atoms with E-state index in [2.05, 4.69) is 20.0 Å². The molecular formula is C24H25F2N5O2. The summed E-state index contributed by atoms with van der Waals surface area (Å²) in [6.45, 7) is 2.12. The monoisotopic (exact) mass is 453 g/mol. The zero-order valence-corrected chi connectivity index (χ0v) is 18.7. The highest BCUT2D eigenvalue weighted by Crippen LogP contribution is 2.33. The van der Waals surface area contributed by atoms with Crippen LogP contribution in [0.4, 0.5) is 20.3 Å². The molecule has 33 heavy (non-hydrogen) atoms. The molecule has 2 aliphatic rings. The minimum absolute atomic E-state index is 0.000456. The largest absolute Gasteiger partial charge is 0.417 e. The number of alkyl halides is 2. The predicted molar refractivity (Wildman–Crippen MR) is 122 cm³/mol. The van der Waals surface area contributed by atoms with E-state index in [1.165, 1.54) is 12.3 Å². The number of hydrogen-bond acceptors (Lipinski definition) is 6. The zero-order valence-electron chi connectivity index (χ0n) is 18.7. The third-order valence-corrected chi connectivity index (χ3v) is 5.77. The Labute approximate surface area is 191 Å². The highest BCUT2D eigenvalue weighted by molar-refractivity contribution is 5.81. The number of amides is 1. The molecule has 0 saturated heterocycles. The number of aromatic nitrogens is 2. The Morgan fingerprint density at radius 3 is 2.79 bits per heavy atom. The summed E-state index contributed by atoms with van der Waals surface area (Å²) < 4.78 is 29.5. The molecule has 172 valence electrons. The van der Waals surface area contributed by atoms with E-state index in [4.69, 9.17) is 0 Å². The van der Waals surface area contributed by atoms with Crippen LogP contribution < -0.4 is 15.0 Å².